The van der Waals surface area contributed by atoms with Gasteiger partial charge in [-0.2, -0.15) is 5.10 Å². The Balaban J connectivity index is 1.55. The van der Waals surface area contributed by atoms with Gasteiger partial charge in [0.05, 0.1) is 6.61 Å². The Morgan fingerprint density at radius 2 is 2.14 bits per heavy atom. The first-order valence-corrected chi connectivity index (χ1v) is 8.00. The standard InChI is InChI=1S/C15H22N4O2/c20-15(18-5-1-2-6-18)14-12-9-19(11-4-8-21-10-11)7-3-13(12)16-17-14/h11H,1-10H2,(H,16,17)/t11-/m1/s1. The van der Waals surface area contributed by atoms with Crippen molar-refractivity contribution < 1.29 is 9.53 Å². The van der Waals surface area contributed by atoms with Crippen molar-refractivity contribution >= 4 is 5.91 Å². The van der Waals surface area contributed by atoms with Crippen LogP contribution in [0, 0.1) is 0 Å². The number of ether oxygens (including phenoxy) is 1. The van der Waals surface area contributed by atoms with Crippen LogP contribution in [0.1, 0.15) is 41.0 Å². The Bertz CT molecular complexity index is 530. The number of fused-ring (bicyclic) bond motifs is 1. The van der Waals surface area contributed by atoms with E-state index in [0.29, 0.717) is 11.7 Å². The number of hydrogen-bond donors (Lipinski definition) is 1. The summed E-state index contributed by atoms with van der Waals surface area (Å²) in [4.78, 5) is 17.0. The van der Waals surface area contributed by atoms with E-state index in [2.05, 4.69) is 15.1 Å². The molecule has 0 spiro atoms. The van der Waals surface area contributed by atoms with Crippen LogP contribution in [0.4, 0.5) is 0 Å². The first-order valence-electron chi connectivity index (χ1n) is 8.00. The molecule has 0 aliphatic carbocycles. The molecule has 114 valence electrons. The highest BCUT2D eigenvalue weighted by Gasteiger charge is 2.32. The second-order valence-corrected chi connectivity index (χ2v) is 6.27. The molecular formula is C15H22N4O2. The molecule has 6 nitrogen and oxygen atoms in total. The molecule has 1 atom stereocenters. The first kappa shape index (κ1) is 13.3. The molecule has 1 N–H and O–H groups in total. The molecule has 0 bridgehead atoms. The Morgan fingerprint density at radius 1 is 1.29 bits per heavy atom. The molecule has 0 unspecified atom stereocenters. The van der Waals surface area contributed by atoms with Crippen LogP contribution in [0.15, 0.2) is 0 Å². The molecule has 21 heavy (non-hydrogen) atoms. The Hall–Kier alpha value is -1.40. The monoisotopic (exact) mass is 290 g/mol. The van der Waals surface area contributed by atoms with Crippen LogP contribution in [0.3, 0.4) is 0 Å². The third-order valence-electron chi connectivity index (χ3n) is 4.98. The molecule has 1 amide bonds. The van der Waals surface area contributed by atoms with Gasteiger partial charge >= 0.3 is 0 Å². The fraction of sp³-hybridized carbons (Fsp3) is 0.733. The van der Waals surface area contributed by atoms with Crippen LogP contribution >= 0.6 is 0 Å². The zero-order valence-electron chi connectivity index (χ0n) is 12.3. The fourth-order valence-electron chi connectivity index (χ4n) is 3.68. The SMILES string of the molecule is O=C(c1n[nH]c2c1CN([C@@H]1CCOC1)CC2)N1CCCC1. The molecule has 4 heterocycles. The molecule has 0 aromatic carbocycles. The molecule has 0 saturated carbocycles. The molecule has 1 aromatic heterocycles. The van der Waals surface area contributed by atoms with Gasteiger partial charge in [-0.25, -0.2) is 0 Å². The van der Waals surface area contributed by atoms with Crippen LogP contribution in [-0.4, -0.2) is 64.8 Å². The van der Waals surface area contributed by atoms with Crippen molar-refractivity contribution in [2.24, 2.45) is 0 Å². The quantitative estimate of drug-likeness (QED) is 0.875. The summed E-state index contributed by atoms with van der Waals surface area (Å²) in [5.74, 6) is 0.106. The van der Waals surface area contributed by atoms with Crippen molar-refractivity contribution in [1.29, 1.82) is 0 Å². The lowest BCUT2D eigenvalue weighted by atomic mass is 10.0. The third-order valence-corrected chi connectivity index (χ3v) is 4.98. The van der Waals surface area contributed by atoms with Crippen molar-refractivity contribution in [3.63, 3.8) is 0 Å². The summed E-state index contributed by atoms with van der Waals surface area (Å²) in [6.07, 6.45) is 4.28. The summed E-state index contributed by atoms with van der Waals surface area (Å²) in [5, 5.41) is 7.42. The number of amides is 1. The van der Waals surface area contributed by atoms with E-state index in [9.17, 15) is 4.79 Å². The van der Waals surface area contributed by atoms with E-state index >= 15 is 0 Å². The Labute approximate surface area is 124 Å². The topological polar surface area (TPSA) is 61.5 Å². The lowest BCUT2D eigenvalue weighted by molar-refractivity contribution is 0.0782. The molecule has 2 saturated heterocycles. The minimum atomic E-state index is 0.106. The number of hydrogen-bond acceptors (Lipinski definition) is 4. The van der Waals surface area contributed by atoms with Crippen molar-refractivity contribution in [3.05, 3.63) is 17.0 Å². The average molecular weight is 290 g/mol. The number of carbonyl (C=O) groups is 1. The summed E-state index contributed by atoms with van der Waals surface area (Å²) >= 11 is 0. The minimum Gasteiger partial charge on any atom is -0.380 e. The van der Waals surface area contributed by atoms with Gasteiger partial charge in [-0.15, -0.1) is 0 Å². The van der Waals surface area contributed by atoms with Crippen molar-refractivity contribution in [1.82, 2.24) is 20.0 Å². The summed E-state index contributed by atoms with van der Waals surface area (Å²) in [7, 11) is 0. The smallest absolute Gasteiger partial charge is 0.274 e. The highest BCUT2D eigenvalue weighted by Crippen LogP contribution is 2.26. The molecule has 2 fully saturated rings. The highest BCUT2D eigenvalue weighted by molar-refractivity contribution is 5.94. The number of likely N-dealkylation sites (tertiary alicyclic amines) is 1. The van der Waals surface area contributed by atoms with Crippen LogP contribution in [-0.2, 0) is 17.7 Å². The third kappa shape index (κ3) is 2.36. The van der Waals surface area contributed by atoms with Gasteiger partial charge < -0.3 is 9.64 Å². The number of aromatic nitrogens is 2. The van der Waals surface area contributed by atoms with E-state index in [1.54, 1.807) is 0 Å². The van der Waals surface area contributed by atoms with E-state index in [4.69, 9.17) is 4.74 Å². The van der Waals surface area contributed by atoms with E-state index in [0.717, 1.165) is 76.3 Å². The van der Waals surface area contributed by atoms with Gasteiger partial charge in [0.2, 0.25) is 0 Å². The minimum absolute atomic E-state index is 0.106. The molecule has 4 rings (SSSR count). The zero-order valence-corrected chi connectivity index (χ0v) is 12.3. The maximum absolute atomic E-state index is 12.6. The Kier molecular flexibility index (Phi) is 3.43. The van der Waals surface area contributed by atoms with Crippen LogP contribution in [0.5, 0.6) is 0 Å². The normalized spacial score (nSPS) is 26.3. The van der Waals surface area contributed by atoms with E-state index in [-0.39, 0.29) is 5.91 Å². The van der Waals surface area contributed by atoms with Gasteiger partial charge in [-0.1, -0.05) is 0 Å². The maximum Gasteiger partial charge on any atom is 0.274 e. The number of carbonyl (C=O) groups excluding carboxylic acids is 1. The predicted octanol–water partition coefficient (Wildman–Crippen LogP) is 0.793. The molecule has 0 radical (unpaired) electrons. The number of rotatable bonds is 2. The van der Waals surface area contributed by atoms with Gasteiger partial charge in [0, 0.05) is 56.5 Å². The second kappa shape index (κ2) is 5.42. The second-order valence-electron chi connectivity index (χ2n) is 6.27. The van der Waals surface area contributed by atoms with Crippen LogP contribution in [0.2, 0.25) is 0 Å². The average Bonchev–Trinajstić information content (AvgIpc) is 3.25. The van der Waals surface area contributed by atoms with Gasteiger partial charge in [0.1, 0.15) is 0 Å². The number of nitrogens with zero attached hydrogens (tertiary/aromatic N) is 3. The molecule has 6 heteroatoms. The predicted molar refractivity (Wildman–Crippen MR) is 77.1 cm³/mol. The first-order chi connectivity index (χ1) is 10.3. The van der Waals surface area contributed by atoms with Crippen molar-refractivity contribution in [2.75, 3.05) is 32.8 Å². The highest BCUT2D eigenvalue weighted by atomic mass is 16.5. The summed E-state index contributed by atoms with van der Waals surface area (Å²) in [5.41, 5.74) is 2.91. The molecule has 3 aliphatic heterocycles. The number of H-pyrrole nitrogens is 1. The summed E-state index contributed by atoms with van der Waals surface area (Å²) < 4.78 is 5.50. The van der Waals surface area contributed by atoms with Gasteiger partial charge in [0.15, 0.2) is 5.69 Å². The van der Waals surface area contributed by atoms with Crippen LogP contribution < -0.4 is 0 Å². The van der Waals surface area contributed by atoms with Crippen molar-refractivity contribution in [2.45, 2.75) is 38.3 Å². The maximum atomic E-state index is 12.6. The van der Waals surface area contributed by atoms with Gasteiger partial charge in [-0.05, 0) is 19.3 Å². The largest absolute Gasteiger partial charge is 0.380 e. The van der Waals surface area contributed by atoms with Crippen LogP contribution in [0.25, 0.3) is 0 Å². The Morgan fingerprint density at radius 3 is 2.90 bits per heavy atom. The number of aromatic amines is 1. The summed E-state index contributed by atoms with van der Waals surface area (Å²) in [6, 6.07) is 0.503. The molecular weight excluding hydrogens is 268 g/mol. The summed E-state index contributed by atoms with van der Waals surface area (Å²) in [6.45, 7) is 5.29. The van der Waals surface area contributed by atoms with E-state index < -0.39 is 0 Å². The molecule has 3 aliphatic rings. The van der Waals surface area contributed by atoms with E-state index in [1.165, 1.54) is 0 Å². The zero-order chi connectivity index (χ0) is 14.2. The lowest BCUT2D eigenvalue weighted by Crippen LogP contribution is -2.40. The van der Waals surface area contributed by atoms with Gasteiger partial charge in [0.25, 0.3) is 5.91 Å². The number of nitrogens with one attached hydrogen (secondary N) is 1. The fourth-order valence-corrected chi connectivity index (χ4v) is 3.68. The van der Waals surface area contributed by atoms with Crippen molar-refractivity contribution in [3.8, 4) is 0 Å². The van der Waals surface area contributed by atoms with E-state index in [1.807, 2.05) is 4.90 Å². The molecule has 1 aromatic rings. The lowest BCUT2D eigenvalue weighted by Gasteiger charge is -2.31. The van der Waals surface area contributed by atoms with Gasteiger partial charge in [-0.3, -0.25) is 14.8 Å².